The minimum absolute atomic E-state index is 0.0821. The summed E-state index contributed by atoms with van der Waals surface area (Å²) in [5.41, 5.74) is -1.10. The van der Waals surface area contributed by atoms with E-state index in [1.165, 1.54) is 25.3 Å². The zero-order valence-electron chi connectivity index (χ0n) is 24.1. The molecule has 0 amide bonds. The minimum Gasteiger partial charge on any atom is -0.462 e. The van der Waals surface area contributed by atoms with Gasteiger partial charge in [0.1, 0.15) is 12.2 Å². The molecule has 0 aromatic heterocycles. The average Bonchev–Trinajstić information content (AvgIpc) is 3.17. The molecule has 0 radical (unpaired) electrons. The molecule has 0 spiro atoms. The van der Waals surface area contributed by atoms with Crippen molar-refractivity contribution in [1.82, 2.24) is 0 Å². The molecule has 1 unspecified atom stereocenters. The van der Waals surface area contributed by atoms with Gasteiger partial charge in [0.25, 0.3) is 0 Å². The maximum Gasteiger partial charge on any atom is 0.413 e. The molecule has 0 aromatic carbocycles. The van der Waals surface area contributed by atoms with Gasteiger partial charge in [0.05, 0.1) is 0 Å². The van der Waals surface area contributed by atoms with Crippen LogP contribution in [0.25, 0.3) is 0 Å². The van der Waals surface area contributed by atoms with E-state index in [0.717, 1.165) is 36.8 Å². The molecule has 2 saturated carbocycles. The molecule has 5 atom stereocenters. The SMILES string of the molecule is CC(=O)OC1C/C(=C/C=C2\CCC[C@]3(C)C([C@H](C)CC#CC(C)(C(F)(F)F)C(F)(F)F)=CC[C@@H]23)C[C@@H](OC(C)=O)C1. The third-order valence-corrected chi connectivity index (χ3v) is 8.73. The molecule has 2 fully saturated rings. The van der Waals surface area contributed by atoms with Crippen molar-refractivity contribution in [1.29, 1.82) is 0 Å². The average molecular weight is 589 g/mol. The number of halogens is 6. The van der Waals surface area contributed by atoms with Crippen molar-refractivity contribution in [2.45, 2.75) is 111 Å². The second-order valence-corrected chi connectivity index (χ2v) is 11.9. The van der Waals surface area contributed by atoms with Crippen molar-refractivity contribution in [3.8, 4) is 11.8 Å². The van der Waals surface area contributed by atoms with Crippen molar-refractivity contribution in [2.24, 2.45) is 22.7 Å². The van der Waals surface area contributed by atoms with Crippen LogP contribution < -0.4 is 0 Å². The third kappa shape index (κ3) is 7.39. The second kappa shape index (κ2) is 12.3. The van der Waals surface area contributed by atoms with Crippen molar-refractivity contribution in [2.75, 3.05) is 0 Å². The lowest BCUT2D eigenvalue weighted by atomic mass is 9.62. The molecule has 0 aliphatic heterocycles. The summed E-state index contributed by atoms with van der Waals surface area (Å²) in [6.07, 6.45) is -0.898. The fourth-order valence-electron chi connectivity index (χ4n) is 6.55. The van der Waals surface area contributed by atoms with Crippen molar-refractivity contribution >= 4 is 11.9 Å². The molecule has 0 N–H and O–H groups in total. The lowest BCUT2D eigenvalue weighted by Crippen LogP contribution is -2.46. The van der Waals surface area contributed by atoms with Gasteiger partial charge >= 0.3 is 24.3 Å². The van der Waals surface area contributed by atoms with Gasteiger partial charge in [-0.2, -0.15) is 26.3 Å². The maximum atomic E-state index is 13.2. The largest absolute Gasteiger partial charge is 0.462 e. The molecule has 3 aliphatic carbocycles. The smallest absolute Gasteiger partial charge is 0.413 e. The normalized spacial score (nSPS) is 29.7. The Morgan fingerprint density at radius 3 is 2.12 bits per heavy atom. The van der Waals surface area contributed by atoms with Crippen LogP contribution in [-0.4, -0.2) is 36.5 Å². The van der Waals surface area contributed by atoms with Gasteiger partial charge in [-0.25, -0.2) is 0 Å². The predicted molar refractivity (Wildman–Crippen MR) is 141 cm³/mol. The van der Waals surface area contributed by atoms with Crippen molar-refractivity contribution in [3.05, 3.63) is 34.9 Å². The van der Waals surface area contributed by atoms with Crippen LogP contribution in [0.15, 0.2) is 34.9 Å². The van der Waals surface area contributed by atoms with Gasteiger partial charge < -0.3 is 9.47 Å². The van der Waals surface area contributed by atoms with Crippen LogP contribution in [0.5, 0.6) is 0 Å². The first-order valence-electron chi connectivity index (χ1n) is 13.9. The zero-order chi connectivity index (χ0) is 30.8. The monoisotopic (exact) mass is 588 g/mol. The number of allylic oxidation sites excluding steroid dienone is 5. The van der Waals surface area contributed by atoms with E-state index in [1.807, 2.05) is 6.08 Å². The van der Waals surface area contributed by atoms with E-state index in [4.69, 9.17) is 9.47 Å². The fraction of sp³-hybridized carbons (Fsp3) is 0.677. The summed E-state index contributed by atoms with van der Waals surface area (Å²) in [6.45, 7) is 6.68. The topological polar surface area (TPSA) is 52.6 Å². The van der Waals surface area contributed by atoms with Gasteiger partial charge in [-0.1, -0.05) is 54.7 Å². The molecule has 10 heteroatoms. The molecule has 0 aromatic rings. The number of fused-ring (bicyclic) bond motifs is 1. The Morgan fingerprint density at radius 1 is 1.05 bits per heavy atom. The maximum absolute atomic E-state index is 13.2. The van der Waals surface area contributed by atoms with Crippen LogP contribution in [0.3, 0.4) is 0 Å². The summed E-state index contributed by atoms with van der Waals surface area (Å²) < 4.78 is 90.2. The van der Waals surface area contributed by atoms with Gasteiger partial charge in [-0.15, -0.1) is 5.92 Å². The van der Waals surface area contributed by atoms with Gasteiger partial charge in [-0.3, -0.25) is 9.59 Å². The van der Waals surface area contributed by atoms with Crippen molar-refractivity contribution in [3.63, 3.8) is 0 Å². The number of hydrogen-bond acceptors (Lipinski definition) is 4. The molecule has 3 rings (SSSR count). The quantitative estimate of drug-likeness (QED) is 0.141. The van der Waals surface area contributed by atoms with Gasteiger partial charge in [0.15, 0.2) is 0 Å². The van der Waals surface area contributed by atoms with E-state index in [9.17, 15) is 35.9 Å². The van der Waals surface area contributed by atoms with E-state index in [0.29, 0.717) is 19.3 Å². The highest BCUT2D eigenvalue weighted by atomic mass is 19.4. The lowest BCUT2D eigenvalue weighted by molar-refractivity contribution is -0.310. The predicted octanol–water partition coefficient (Wildman–Crippen LogP) is 8.18. The second-order valence-electron chi connectivity index (χ2n) is 11.9. The highest BCUT2D eigenvalue weighted by molar-refractivity contribution is 5.67. The molecule has 3 aliphatic rings. The minimum atomic E-state index is -5.53. The van der Waals surface area contributed by atoms with Crippen LogP contribution >= 0.6 is 0 Å². The van der Waals surface area contributed by atoms with E-state index in [2.05, 4.69) is 25.0 Å². The molecular weight excluding hydrogens is 550 g/mol. The summed E-state index contributed by atoms with van der Waals surface area (Å²) in [5.74, 6) is 2.78. The standard InChI is InChI=1S/C31H38F6O4/c1-19(8-6-15-29(5,30(32,33)34)31(35,36)37)26-12-13-27-23(9-7-14-28(26,27)4)11-10-22-16-24(40-20(2)38)18-25(17-22)41-21(3)39/h10-12,19,24-25,27H,7-9,13-14,16-18H2,1-5H3/b22-10-,23-11+/t19-,24?,25-,27+,28-/m1/s1. The summed E-state index contributed by atoms with van der Waals surface area (Å²) >= 11 is 0. The third-order valence-electron chi connectivity index (χ3n) is 8.73. The Hall–Kier alpha value is -2.70. The number of alkyl halides is 6. The molecule has 4 nitrogen and oxygen atoms in total. The Kier molecular flexibility index (Phi) is 9.82. The zero-order valence-corrected chi connectivity index (χ0v) is 24.1. The van der Waals surface area contributed by atoms with Crippen LogP contribution in [-0.2, 0) is 19.1 Å². The number of rotatable bonds is 5. The van der Waals surface area contributed by atoms with Crippen molar-refractivity contribution < 1.29 is 45.4 Å². The van der Waals surface area contributed by atoms with Gasteiger partial charge in [-0.05, 0) is 49.9 Å². The lowest BCUT2D eigenvalue weighted by Gasteiger charge is -2.42. The molecule has 0 bridgehead atoms. The Morgan fingerprint density at radius 2 is 1.61 bits per heavy atom. The summed E-state index contributed by atoms with van der Waals surface area (Å²) in [5, 5.41) is 0. The molecule has 0 heterocycles. The van der Waals surface area contributed by atoms with Gasteiger partial charge in [0.2, 0.25) is 5.41 Å². The highest BCUT2D eigenvalue weighted by Gasteiger charge is 2.67. The van der Waals surface area contributed by atoms with E-state index >= 15 is 0 Å². The number of hydrogen-bond donors (Lipinski definition) is 0. The first-order valence-corrected chi connectivity index (χ1v) is 13.9. The number of esters is 2. The Bertz CT molecular complexity index is 1130. The van der Waals surface area contributed by atoms with Crippen LogP contribution in [0.2, 0.25) is 0 Å². The summed E-state index contributed by atoms with van der Waals surface area (Å²) in [7, 11) is 0. The molecule has 228 valence electrons. The number of carbonyl (C=O) groups is 2. The Balaban J connectivity index is 1.77. The van der Waals surface area contributed by atoms with E-state index in [1.54, 1.807) is 6.92 Å². The van der Waals surface area contributed by atoms with E-state index < -0.39 is 29.7 Å². The highest BCUT2D eigenvalue weighted by Crippen LogP contribution is 2.57. The first-order chi connectivity index (χ1) is 18.9. The molecule has 0 saturated heterocycles. The number of ether oxygens (including phenoxy) is 2. The van der Waals surface area contributed by atoms with Gasteiger partial charge in [0, 0.05) is 39.5 Å². The Labute approximate surface area is 237 Å². The molecule has 41 heavy (non-hydrogen) atoms. The van der Waals surface area contributed by atoms with Crippen LogP contribution in [0, 0.1) is 34.5 Å². The van der Waals surface area contributed by atoms with Crippen LogP contribution in [0.4, 0.5) is 26.3 Å². The number of carbonyl (C=O) groups excluding carboxylic acids is 2. The fourth-order valence-corrected chi connectivity index (χ4v) is 6.55. The summed E-state index contributed by atoms with van der Waals surface area (Å²) in [4.78, 5) is 23.1. The molecular formula is C31H38F6O4. The first kappa shape index (κ1) is 32.8. The summed E-state index contributed by atoms with van der Waals surface area (Å²) in [6, 6.07) is 0. The van der Waals surface area contributed by atoms with E-state index in [-0.39, 0.29) is 42.8 Å². The van der Waals surface area contributed by atoms with Crippen LogP contribution in [0.1, 0.15) is 86.0 Å².